The highest BCUT2D eigenvalue weighted by Gasteiger charge is 2.11. The molecule has 18 heavy (non-hydrogen) atoms. The number of aliphatic hydroxyl groups is 1. The quantitative estimate of drug-likeness (QED) is 0.837. The average Bonchev–Trinajstić information content (AvgIpc) is 2.37. The molecule has 3 nitrogen and oxygen atoms in total. The Morgan fingerprint density at radius 3 is 2.83 bits per heavy atom. The molecule has 0 fully saturated rings. The largest absolute Gasteiger partial charge is 0.396 e. The van der Waals surface area contributed by atoms with Crippen molar-refractivity contribution >= 4 is 17.5 Å². The van der Waals surface area contributed by atoms with Crippen molar-refractivity contribution in [3.8, 4) is 0 Å². The van der Waals surface area contributed by atoms with Crippen LogP contribution in [0.2, 0.25) is 5.02 Å². The Morgan fingerprint density at radius 2 is 2.28 bits per heavy atom. The molecule has 0 spiro atoms. The van der Waals surface area contributed by atoms with Crippen LogP contribution in [0.3, 0.4) is 0 Å². The van der Waals surface area contributed by atoms with E-state index in [1.807, 2.05) is 6.92 Å². The van der Waals surface area contributed by atoms with Crippen molar-refractivity contribution in [1.82, 2.24) is 5.32 Å². The van der Waals surface area contributed by atoms with Gasteiger partial charge in [-0.15, -0.1) is 0 Å². The molecule has 1 aromatic rings. The number of halogens is 2. The summed E-state index contributed by atoms with van der Waals surface area (Å²) in [5, 5.41) is 11.6. The van der Waals surface area contributed by atoms with Crippen molar-refractivity contribution in [3.05, 3.63) is 34.6 Å². The average molecular weight is 274 g/mol. The van der Waals surface area contributed by atoms with Crippen molar-refractivity contribution in [2.45, 2.75) is 19.8 Å². The van der Waals surface area contributed by atoms with E-state index in [2.05, 4.69) is 5.32 Å². The van der Waals surface area contributed by atoms with Crippen molar-refractivity contribution in [2.24, 2.45) is 5.92 Å². The van der Waals surface area contributed by atoms with Crippen LogP contribution in [-0.2, 0) is 0 Å². The molecule has 0 saturated carbocycles. The summed E-state index contributed by atoms with van der Waals surface area (Å²) in [7, 11) is 0. The van der Waals surface area contributed by atoms with Gasteiger partial charge < -0.3 is 10.4 Å². The van der Waals surface area contributed by atoms with Crippen molar-refractivity contribution < 1.29 is 14.3 Å². The van der Waals surface area contributed by atoms with E-state index in [9.17, 15) is 9.18 Å². The van der Waals surface area contributed by atoms with Crippen LogP contribution in [0.4, 0.5) is 4.39 Å². The molecule has 0 saturated heterocycles. The molecule has 0 aromatic heterocycles. The second-order valence-corrected chi connectivity index (χ2v) is 4.53. The first-order chi connectivity index (χ1) is 8.58. The van der Waals surface area contributed by atoms with Crippen LogP contribution in [0.5, 0.6) is 0 Å². The fourth-order valence-electron chi connectivity index (χ4n) is 1.61. The van der Waals surface area contributed by atoms with E-state index in [-0.39, 0.29) is 29.0 Å². The van der Waals surface area contributed by atoms with E-state index in [0.29, 0.717) is 13.0 Å². The van der Waals surface area contributed by atoms with Crippen LogP contribution in [0, 0.1) is 11.7 Å². The summed E-state index contributed by atoms with van der Waals surface area (Å²) in [5.74, 6) is -0.704. The Balaban J connectivity index is 2.57. The molecule has 100 valence electrons. The van der Waals surface area contributed by atoms with Gasteiger partial charge in [-0.2, -0.15) is 0 Å². The van der Waals surface area contributed by atoms with Gasteiger partial charge in [0.25, 0.3) is 5.91 Å². The molecule has 1 amide bonds. The lowest BCUT2D eigenvalue weighted by atomic mass is 10.0. The first-order valence-corrected chi connectivity index (χ1v) is 6.30. The van der Waals surface area contributed by atoms with Gasteiger partial charge in [-0.1, -0.05) is 24.9 Å². The summed E-state index contributed by atoms with van der Waals surface area (Å²) in [6, 6.07) is 3.95. The standard InChI is InChI=1S/C13H17ClFNO2/c1-2-9(5-6-17)8-16-13(18)10-3-4-11(14)12(15)7-10/h3-4,7,9,17H,2,5-6,8H2,1H3,(H,16,18). The van der Waals surface area contributed by atoms with Crippen molar-refractivity contribution in [2.75, 3.05) is 13.2 Å². The van der Waals surface area contributed by atoms with Gasteiger partial charge in [0.1, 0.15) is 5.82 Å². The molecule has 0 bridgehead atoms. The number of carbonyl (C=O) groups excluding carboxylic acids is 1. The summed E-state index contributed by atoms with van der Waals surface area (Å²) in [4.78, 5) is 11.7. The van der Waals surface area contributed by atoms with Gasteiger partial charge in [0.2, 0.25) is 0 Å². The maximum absolute atomic E-state index is 13.2. The summed E-state index contributed by atoms with van der Waals surface area (Å²) in [6.45, 7) is 2.57. The molecule has 0 aliphatic heterocycles. The molecule has 5 heteroatoms. The van der Waals surface area contributed by atoms with E-state index in [1.165, 1.54) is 12.1 Å². The number of rotatable bonds is 6. The Kier molecular flexibility index (Phi) is 6.09. The predicted molar refractivity (Wildman–Crippen MR) is 69.2 cm³/mol. The lowest BCUT2D eigenvalue weighted by molar-refractivity contribution is 0.0943. The Bertz CT molecular complexity index is 412. The van der Waals surface area contributed by atoms with Gasteiger partial charge in [-0.25, -0.2) is 4.39 Å². The van der Waals surface area contributed by atoms with Crippen molar-refractivity contribution in [1.29, 1.82) is 0 Å². The summed E-state index contributed by atoms with van der Waals surface area (Å²) in [5.41, 5.74) is 0.246. The topological polar surface area (TPSA) is 49.3 Å². The molecule has 1 rings (SSSR count). The van der Waals surface area contributed by atoms with Crippen molar-refractivity contribution in [3.63, 3.8) is 0 Å². The van der Waals surface area contributed by atoms with E-state index >= 15 is 0 Å². The van der Waals surface area contributed by atoms with Crippen LogP contribution in [0.1, 0.15) is 30.1 Å². The zero-order chi connectivity index (χ0) is 13.5. The van der Waals surface area contributed by atoms with Gasteiger partial charge in [-0.3, -0.25) is 4.79 Å². The number of hydrogen-bond donors (Lipinski definition) is 2. The van der Waals surface area contributed by atoms with Gasteiger partial charge in [-0.05, 0) is 30.5 Å². The smallest absolute Gasteiger partial charge is 0.251 e. The lowest BCUT2D eigenvalue weighted by Crippen LogP contribution is -2.29. The number of carbonyl (C=O) groups is 1. The maximum atomic E-state index is 13.2. The van der Waals surface area contributed by atoms with Gasteiger partial charge in [0, 0.05) is 18.7 Å². The van der Waals surface area contributed by atoms with Crippen LogP contribution in [-0.4, -0.2) is 24.2 Å². The zero-order valence-corrected chi connectivity index (χ0v) is 11.0. The van der Waals surface area contributed by atoms with E-state index in [0.717, 1.165) is 12.5 Å². The van der Waals surface area contributed by atoms with Crippen LogP contribution in [0.25, 0.3) is 0 Å². The summed E-state index contributed by atoms with van der Waals surface area (Å²) < 4.78 is 13.2. The van der Waals surface area contributed by atoms with Gasteiger partial charge >= 0.3 is 0 Å². The number of hydrogen-bond acceptors (Lipinski definition) is 2. The first kappa shape index (κ1) is 14.9. The molecular weight excluding hydrogens is 257 g/mol. The highest BCUT2D eigenvalue weighted by atomic mass is 35.5. The number of benzene rings is 1. The third-order valence-corrected chi connectivity index (χ3v) is 3.15. The van der Waals surface area contributed by atoms with E-state index < -0.39 is 5.82 Å². The highest BCUT2D eigenvalue weighted by molar-refractivity contribution is 6.30. The normalized spacial score (nSPS) is 12.2. The summed E-state index contributed by atoms with van der Waals surface area (Å²) in [6.07, 6.45) is 1.52. The number of nitrogens with one attached hydrogen (secondary N) is 1. The highest BCUT2D eigenvalue weighted by Crippen LogP contribution is 2.15. The molecule has 1 aromatic carbocycles. The first-order valence-electron chi connectivity index (χ1n) is 5.92. The number of aliphatic hydroxyl groups excluding tert-OH is 1. The zero-order valence-electron chi connectivity index (χ0n) is 10.2. The van der Waals surface area contributed by atoms with E-state index in [4.69, 9.17) is 16.7 Å². The molecule has 1 unspecified atom stereocenters. The fraction of sp³-hybridized carbons (Fsp3) is 0.462. The molecular formula is C13H17ClFNO2. The SMILES string of the molecule is CCC(CCO)CNC(=O)c1ccc(Cl)c(F)c1. The Labute approximate surface area is 111 Å². The maximum Gasteiger partial charge on any atom is 0.251 e. The van der Waals surface area contributed by atoms with Gasteiger partial charge in [0.15, 0.2) is 0 Å². The minimum atomic E-state index is -0.605. The van der Waals surface area contributed by atoms with E-state index in [1.54, 1.807) is 0 Å². The molecule has 0 aliphatic carbocycles. The van der Waals surface area contributed by atoms with Gasteiger partial charge in [0.05, 0.1) is 5.02 Å². The fourth-order valence-corrected chi connectivity index (χ4v) is 1.73. The second-order valence-electron chi connectivity index (χ2n) is 4.13. The minimum absolute atomic E-state index is 0.00161. The third-order valence-electron chi connectivity index (χ3n) is 2.85. The minimum Gasteiger partial charge on any atom is -0.396 e. The second kappa shape index (κ2) is 7.34. The molecule has 0 radical (unpaired) electrons. The monoisotopic (exact) mass is 273 g/mol. The number of amides is 1. The molecule has 0 aliphatic rings. The van der Waals surface area contributed by atoms with Crippen LogP contribution in [0.15, 0.2) is 18.2 Å². The summed E-state index contributed by atoms with van der Waals surface area (Å²) >= 11 is 5.54. The molecule has 2 N–H and O–H groups in total. The Morgan fingerprint density at radius 1 is 1.56 bits per heavy atom. The van der Waals surface area contributed by atoms with Crippen LogP contribution < -0.4 is 5.32 Å². The predicted octanol–water partition coefficient (Wildman–Crippen LogP) is 2.62. The molecule has 1 atom stereocenters. The third kappa shape index (κ3) is 4.27. The molecule has 0 heterocycles. The lowest BCUT2D eigenvalue weighted by Gasteiger charge is -2.14. The van der Waals surface area contributed by atoms with Crippen LogP contribution >= 0.6 is 11.6 Å². The Hall–Kier alpha value is -1.13.